The van der Waals surface area contributed by atoms with Crippen LogP contribution in [0.5, 0.6) is 0 Å². The molecule has 1 fully saturated rings. The molecule has 0 saturated carbocycles. The molecule has 1 aliphatic rings. The molecule has 0 spiro atoms. The molecule has 2 aromatic heterocycles. The summed E-state index contributed by atoms with van der Waals surface area (Å²) in [6, 6.07) is 5.31. The maximum absolute atomic E-state index is 13.1. The highest BCUT2D eigenvalue weighted by Gasteiger charge is 2.30. The summed E-state index contributed by atoms with van der Waals surface area (Å²) in [5, 5.41) is 6.34. The summed E-state index contributed by atoms with van der Waals surface area (Å²) >= 11 is 0. The Hall–Kier alpha value is -3.37. The molecule has 1 aromatic carbocycles. The molecule has 0 aliphatic carbocycles. The number of aromatic nitrogens is 4. The van der Waals surface area contributed by atoms with Crippen LogP contribution >= 0.6 is 0 Å². The number of anilines is 2. The van der Waals surface area contributed by atoms with E-state index in [9.17, 15) is 18.0 Å². The van der Waals surface area contributed by atoms with Crippen molar-refractivity contribution in [3.63, 3.8) is 0 Å². The number of carbonyl (C=O) groups is 1. The summed E-state index contributed by atoms with van der Waals surface area (Å²) in [4.78, 5) is 27.2. The average molecular weight is 476 g/mol. The number of carbonyl (C=O) groups excluding carboxylic acids is 1. The lowest BCUT2D eigenvalue weighted by atomic mass is 10.1. The van der Waals surface area contributed by atoms with E-state index in [0.29, 0.717) is 48.0 Å². The van der Waals surface area contributed by atoms with Gasteiger partial charge in [0.15, 0.2) is 17.0 Å². The summed E-state index contributed by atoms with van der Waals surface area (Å²) in [6.45, 7) is 6.24. The number of halogens is 3. The Kier molecular flexibility index (Phi) is 6.90. The smallest absolute Gasteiger partial charge is 0.364 e. The van der Waals surface area contributed by atoms with Crippen LogP contribution in [-0.4, -0.2) is 50.0 Å². The summed E-state index contributed by atoms with van der Waals surface area (Å²) in [7, 11) is 0. The van der Waals surface area contributed by atoms with Crippen LogP contribution in [-0.2, 0) is 17.5 Å². The van der Waals surface area contributed by atoms with Gasteiger partial charge in [-0.3, -0.25) is 4.79 Å². The number of fused-ring (bicyclic) bond motifs is 1. The minimum atomic E-state index is -4.40. The largest absolute Gasteiger partial charge is 0.416 e. The summed E-state index contributed by atoms with van der Waals surface area (Å²) in [5.41, 5.74) is 0.972. The van der Waals surface area contributed by atoms with E-state index >= 15 is 0 Å². The number of amides is 1. The van der Waals surface area contributed by atoms with Gasteiger partial charge in [-0.05, 0) is 44.4 Å². The molecule has 0 radical (unpaired) electrons. The van der Waals surface area contributed by atoms with Gasteiger partial charge in [0.1, 0.15) is 0 Å². The molecule has 4 rings (SSSR count). The fourth-order valence-corrected chi connectivity index (χ4v) is 3.95. The van der Waals surface area contributed by atoms with Crippen molar-refractivity contribution in [2.75, 3.05) is 30.3 Å². The highest BCUT2D eigenvalue weighted by atomic mass is 19.4. The molecule has 0 unspecified atom stereocenters. The van der Waals surface area contributed by atoms with Crippen molar-refractivity contribution in [1.29, 1.82) is 0 Å². The van der Waals surface area contributed by atoms with E-state index in [0.717, 1.165) is 31.5 Å². The topological polar surface area (TPSA) is 88.0 Å². The molecular formula is C23H28F3N7O. The maximum atomic E-state index is 13.1. The average Bonchev–Trinajstić information content (AvgIpc) is 3.41. The van der Waals surface area contributed by atoms with Gasteiger partial charge in [0.05, 0.1) is 11.9 Å². The third-order valence-electron chi connectivity index (χ3n) is 5.75. The van der Waals surface area contributed by atoms with Gasteiger partial charge in [-0.2, -0.15) is 23.1 Å². The van der Waals surface area contributed by atoms with E-state index in [-0.39, 0.29) is 18.5 Å². The molecule has 1 saturated heterocycles. The molecule has 0 bridgehead atoms. The van der Waals surface area contributed by atoms with Crippen LogP contribution in [0.25, 0.3) is 11.2 Å². The standard InChI is InChI=1S/C23H28F3N7O/c1-15(2)33-14-29-19-20(28-13-16-6-3-7-17(12-16)23(24,25)26)30-22(31-21(19)33)27-9-5-11-32-10-4-8-18(32)34/h3,6-7,12,14-15H,4-5,8-11,13H2,1-2H3,(H2,27,28,30,31). The van der Waals surface area contributed by atoms with Crippen LogP contribution in [0.4, 0.5) is 24.9 Å². The second-order valence-corrected chi connectivity index (χ2v) is 8.63. The molecule has 34 heavy (non-hydrogen) atoms. The maximum Gasteiger partial charge on any atom is 0.416 e. The van der Waals surface area contributed by atoms with E-state index in [1.165, 1.54) is 6.07 Å². The number of rotatable bonds is 9. The van der Waals surface area contributed by atoms with Crippen molar-refractivity contribution in [1.82, 2.24) is 24.4 Å². The lowest BCUT2D eigenvalue weighted by molar-refractivity contribution is -0.137. The van der Waals surface area contributed by atoms with Crippen molar-refractivity contribution in [2.24, 2.45) is 0 Å². The minimum absolute atomic E-state index is 0.116. The van der Waals surface area contributed by atoms with Crippen LogP contribution in [0, 0.1) is 0 Å². The third-order valence-corrected chi connectivity index (χ3v) is 5.75. The number of imidazole rings is 1. The van der Waals surface area contributed by atoms with Crippen LogP contribution in [0.3, 0.4) is 0 Å². The first kappa shape index (κ1) is 23.8. The van der Waals surface area contributed by atoms with Gasteiger partial charge < -0.3 is 20.1 Å². The van der Waals surface area contributed by atoms with Gasteiger partial charge in [-0.25, -0.2) is 4.98 Å². The third kappa shape index (κ3) is 5.40. The quantitative estimate of drug-likeness (QED) is 0.444. The molecule has 2 N–H and O–H groups in total. The summed E-state index contributed by atoms with van der Waals surface area (Å²) in [6.07, 6.45) is -0.434. The van der Waals surface area contributed by atoms with Gasteiger partial charge in [0.2, 0.25) is 11.9 Å². The predicted molar refractivity (Wildman–Crippen MR) is 123 cm³/mol. The number of likely N-dealkylation sites (tertiary alicyclic amines) is 1. The summed E-state index contributed by atoms with van der Waals surface area (Å²) < 4.78 is 41.1. The lowest BCUT2D eigenvalue weighted by Gasteiger charge is -2.16. The van der Waals surface area contributed by atoms with E-state index < -0.39 is 11.7 Å². The normalized spacial score (nSPS) is 14.4. The van der Waals surface area contributed by atoms with Gasteiger partial charge >= 0.3 is 6.18 Å². The first-order valence-corrected chi connectivity index (χ1v) is 11.4. The van der Waals surface area contributed by atoms with Crippen LogP contribution in [0.2, 0.25) is 0 Å². The van der Waals surface area contributed by atoms with Crippen molar-refractivity contribution in [3.8, 4) is 0 Å². The second-order valence-electron chi connectivity index (χ2n) is 8.63. The number of benzene rings is 1. The fourth-order valence-electron chi connectivity index (χ4n) is 3.95. The highest BCUT2D eigenvalue weighted by Crippen LogP contribution is 2.30. The van der Waals surface area contributed by atoms with Crippen LogP contribution in [0.1, 0.15) is 50.3 Å². The molecule has 1 amide bonds. The van der Waals surface area contributed by atoms with Crippen LogP contribution < -0.4 is 10.6 Å². The zero-order chi connectivity index (χ0) is 24.3. The van der Waals surface area contributed by atoms with Crippen LogP contribution in [0.15, 0.2) is 30.6 Å². The summed E-state index contributed by atoms with van der Waals surface area (Å²) in [5.74, 6) is 1.04. The number of alkyl halides is 3. The van der Waals surface area contributed by atoms with E-state index in [1.54, 1.807) is 12.4 Å². The molecule has 182 valence electrons. The molecular weight excluding hydrogens is 447 g/mol. The molecule has 3 aromatic rings. The predicted octanol–water partition coefficient (Wildman–Crippen LogP) is 4.46. The van der Waals surface area contributed by atoms with Crippen molar-refractivity contribution < 1.29 is 18.0 Å². The second kappa shape index (κ2) is 9.86. The Morgan fingerprint density at radius 3 is 2.71 bits per heavy atom. The Bertz CT molecular complexity index is 1160. The van der Waals surface area contributed by atoms with Gasteiger partial charge in [-0.1, -0.05) is 12.1 Å². The highest BCUT2D eigenvalue weighted by molar-refractivity contribution is 5.84. The van der Waals surface area contributed by atoms with E-state index in [4.69, 9.17) is 0 Å². The zero-order valence-corrected chi connectivity index (χ0v) is 19.2. The Labute approximate surface area is 195 Å². The van der Waals surface area contributed by atoms with Crippen molar-refractivity contribution >= 4 is 28.8 Å². The zero-order valence-electron chi connectivity index (χ0n) is 19.2. The Morgan fingerprint density at radius 2 is 2.00 bits per heavy atom. The minimum Gasteiger partial charge on any atom is -0.364 e. The first-order valence-electron chi connectivity index (χ1n) is 11.4. The molecule has 1 aliphatic heterocycles. The molecule has 8 nitrogen and oxygen atoms in total. The Balaban J connectivity index is 1.50. The number of hydrogen-bond acceptors (Lipinski definition) is 6. The molecule has 0 atom stereocenters. The number of hydrogen-bond donors (Lipinski definition) is 2. The van der Waals surface area contributed by atoms with Gasteiger partial charge in [-0.15, -0.1) is 0 Å². The number of nitrogens with one attached hydrogen (secondary N) is 2. The first-order chi connectivity index (χ1) is 16.2. The van der Waals surface area contributed by atoms with Gasteiger partial charge in [0.25, 0.3) is 0 Å². The van der Waals surface area contributed by atoms with Gasteiger partial charge in [0, 0.05) is 38.6 Å². The van der Waals surface area contributed by atoms with E-state index in [1.807, 2.05) is 23.3 Å². The van der Waals surface area contributed by atoms with E-state index in [2.05, 4.69) is 25.6 Å². The lowest BCUT2D eigenvalue weighted by Crippen LogP contribution is -2.27. The molecule has 11 heteroatoms. The van der Waals surface area contributed by atoms with Crippen molar-refractivity contribution in [2.45, 2.75) is 51.9 Å². The van der Waals surface area contributed by atoms with Crippen molar-refractivity contribution in [3.05, 3.63) is 41.7 Å². The molecule has 3 heterocycles. The Morgan fingerprint density at radius 1 is 1.18 bits per heavy atom. The monoisotopic (exact) mass is 475 g/mol. The fraction of sp³-hybridized carbons (Fsp3) is 0.478. The number of nitrogens with zero attached hydrogens (tertiary/aromatic N) is 5. The SMILES string of the molecule is CC(C)n1cnc2c(NCc3cccc(C(F)(F)F)c3)nc(NCCCN3CCCC3=O)nc21.